The second kappa shape index (κ2) is 6.83. The first-order valence-corrected chi connectivity index (χ1v) is 8.06. The number of hydrogen-bond acceptors (Lipinski definition) is 9. The molecule has 1 aromatic heterocycles. The number of amides is 1. The molecule has 0 saturated carbocycles. The number of rotatable bonds is 4. The first-order valence-electron chi connectivity index (χ1n) is 8.06. The summed E-state index contributed by atoms with van der Waals surface area (Å²) < 4.78 is 24.1. The molecule has 0 spiro atoms. The lowest BCUT2D eigenvalue weighted by Gasteiger charge is -2.25. The minimum absolute atomic E-state index is 0.0150. The number of ether oxygens (including phenoxy) is 4. The summed E-state index contributed by atoms with van der Waals surface area (Å²) in [6, 6.07) is 1.42. The Morgan fingerprint density at radius 1 is 1.42 bits per heavy atom. The van der Waals surface area contributed by atoms with E-state index in [1.807, 2.05) is 5.48 Å². The molecule has 11 nitrogen and oxygen atoms in total. The monoisotopic (exact) mass is 370 g/mol. The summed E-state index contributed by atoms with van der Waals surface area (Å²) >= 11 is 0. The molecule has 26 heavy (non-hydrogen) atoms. The van der Waals surface area contributed by atoms with E-state index in [4.69, 9.17) is 24.2 Å². The van der Waals surface area contributed by atoms with Crippen molar-refractivity contribution in [2.24, 2.45) is 0 Å². The summed E-state index contributed by atoms with van der Waals surface area (Å²) in [7, 11) is 3.15. The second-order valence-electron chi connectivity index (χ2n) is 6.72. The van der Waals surface area contributed by atoms with E-state index in [1.54, 1.807) is 27.9 Å². The van der Waals surface area contributed by atoms with Gasteiger partial charge < -0.3 is 23.8 Å². The molecule has 0 radical (unpaired) electrons. The molecule has 2 fully saturated rings. The van der Waals surface area contributed by atoms with Crippen molar-refractivity contribution in [3.8, 4) is 0 Å². The van der Waals surface area contributed by atoms with Gasteiger partial charge in [-0.1, -0.05) is 0 Å². The third-order valence-corrected chi connectivity index (χ3v) is 4.08. The van der Waals surface area contributed by atoms with Crippen LogP contribution in [-0.2, 0) is 18.9 Å². The van der Waals surface area contributed by atoms with Crippen molar-refractivity contribution < 1.29 is 28.9 Å². The van der Waals surface area contributed by atoms with Gasteiger partial charge in [0.25, 0.3) is 0 Å². The van der Waals surface area contributed by atoms with Crippen molar-refractivity contribution in [2.75, 3.05) is 26.2 Å². The topological polar surface area (TPSA) is 124 Å². The molecule has 2 aliphatic rings. The summed E-state index contributed by atoms with van der Waals surface area (Å²) in [6.07, 6.45) is -1.61. The normalized spacial score (nSPS) is 29.3. The van der Waals surface area contributed by atoms with Crippen molar-refractivity contribution in [3.05, 3.63) is 22.7 Å². The molecule has 144 valence electrons. The largest absolute Gasteiger partial charge is 0.447 e. The van der Waals surface area contributed by atoms with Gasteiger partial charge >= 0.3 is 11.8 Å². The zero-order valence-corrected chi connectivity index (χ0v) is 14.9. The Labute approximate surface area is 149 Å². The number of nitrogens with zero attached hydrogens (tertiary/aromatic N) is 3. The predicted octanol–water partition coefficient (Wildman–Crippen LogP) is 0.160. The number of hydrogen-bond donors (Lipinski definition) is 2. The fourth-order valence-electron chi connectivity index (χ4n) is 2.97. The van der Waals surface area contributed by atoms with Crippen LogP contribution in [-0.4, -0.2) is 70.6 Å². The summed E-state index contributed by atoms with van der Waals surface area (Å²) in [5.41, 5.74) is 1.18. The van der Waals surface area contributed by atoms with Crippen LogP contribution in [0.25, 0.3) is 0 Å². The minimum Gasteiger partial charge on any atom is -0.447 e. The third-order valence-electron chi connectivity index (χ3n) is 4.08. The molecular weight excluding hydrogens is 348 g/mol. The quantitative estimate of drug-likeness (QED) is 0.713. The molecule has 2 saturated heterocycles. The molecule has 0 unspecified atom stereocenters. The Morgan fingerprint density at radius 2 is 2.12 bits per heavy atom. The van der Waals surface area contributed by atoms with Crippen LogP contribution in [0, 0.1) is 0 Å². The average Bonchev–Trinajstić information content (AvgIpc) is 3.05. The second-order valence-corrected chi connectivity index (χ2v) is 6.72. The first kappa shape index (κ1) is 18.6. The van der Waals surface area contributed by atoms with Crippen LogP contribution in [0.5, 0.6) is 0 Å². The maximum atomic E-state index is 12.2. The van der Waals surface area contributed by atoms with Gasteiger partial charge in [-0.05, 0) is 19.9 Å². The molecule has 1 aromatic rings. The lowest BCUT2D eigenvalue weighted by molar-refractivity contribution is -0.200. The highest BCUT2D eigenvalue weighted by atomic mass is 16.8. The molecule has 4 atom stereocenters. The number of anilines is 1. The van der Waals surface area contributed by atoms with Crippen molar-refractivity contribution in [2.45, 2.75) is 44.2 Å². The fourth-order valence-corrected chi connectivity index (χ4v) is 2.97. The van der Waals surface area contributed by atoms with E-state index in [-0.39, 0.29) is 12.4 Å². The van der Waals surface area contributed by atoms with Gasteiger partial charge in [-0.15, -0.1) is 0 Å². The van der Waals surface area contributed by atoms with Gasteiger partial charge in [-0.3, -0.25) is 15.3 Å². The molecule has 0 aliphatic carbocycles. The van der Waals surface area contributed by atoms with Gasteiger partial charge in [0, 0.05) is 20.3 Å². The maximum Gasteiger partial charge on any atom is 0.409 e. The Kier molecular flexibility index (Phi) is 4.88. The Bertz CT molecular complexity index is 735. The molecule has 2 aliphatic heterocycles. The standard InChI is InChI=1S/C15H22N4O7/c1-15(2)25-10-8(7-23-14(21)18(3)4)24-12(11(10)26-15)19-6-5-9(17-22)16-13(19)20/h5-6,8,10-12,22H,7H2,1-4H3,(H,16,17,20)/t8-,10-,11-,12-/m1/s1. The Morgan fingerprint density at radius 3 is 2.73 bits per heavy atom. The molecule has 1 amide bonds. The lowest BCUT2D eigenvalue weighted by Crippen LogP contribution is -2.35. The van der Waals surface area contributed by atoms with Crippen LogP contribution in [0.1, 0.15) is 20.1 Å². The highest BCUT2D eigenvalue weighted by Crippen LogP contribution is 2.42. The van der Waals surface area contributed by atoms with Crippen LogP contribution in [0.15, 0.2) is 17.1 Å². The number of carbonyl (C=O) groups is 1. The van der Waals surface area contributed by atoms with Gasteiger partial charge in [0.2, 0.25) is 0 Å². The van der Waals surface area contributed by atoms with Gasteiger partial charge in [-0.2, -0.15) is 4.98 Å². The molecule has 0 bridgehead atoms. The minimum atomic E-state index is -0.870. The Hall–Kier alpha value is -2.21. The zero-order valence-electron chi connectivity index (χ0n) is 14.9. The van der Waals surface area contributed by atoms with Gasteiger partial charge in [-0.25, -0.2) is 9.59 Å². The van der Waals surface area contributed by atoms with Crippen LogP contribution in [0.3, 0.4) is 0 Å². The first-order chi connectivity index (χ1) is 12.2. The number of nitrogens with one attached hydrogen (secondary N) is 1. The Balaban J connectivity index is 1.83. The number of fused-ring (bicyclic) bond motifs is 1. The van der Waals surface area contributed by atoms with Crippen LogP contribution >= 0.6 is 0 Å². The highest BCUT2D eigenvalue weighted by molar-refractivity contribution is 5.66. The molecule has 3 heterocycles. The molecule has 0 aromatic carbocycles. The van der Waals surface area contributed by atoms with E-state index in [9.17, 15) is 9.59 Å². The zero-order chi connectivity index (χ0) is 19.1. The number of carbonyl (C=O) groups excluding carboxylic acids is 1. The third kappa shape index (κ3) is 3.51. The van der Waals surface area contributed by atoms with Crippen LogP contribution < -0.4 is 11.2 Å². The van der Waals surface area contributed by atoms with Gasteiger partial charge in [0.15, 0.2) is 17.8 Å². The van der Waals surface area contributed by atoms with E-state index in [1.165, 1.54) is 21.7 Å². The van der Waals surface area contributed by atoms with E-state index in [0.29, 0.717) is 0 Å². The number of aromatic nitrogens is 2. The van der Waals surface area contributed by atoms with Gasteiger partial charge in [0.05, 0.1) is 0 Å². The van der Waals surface area contributed by atoms with E-state index in [0.717, 1.165) is 0 Å². The summed E-state index contributed by atoms with van der Waals surface area (Å²) in [5.74, 6) is -0.855. The lowest BCUT2D eigenvalue weighted by atomic mass is 10.1. The van der Waals surface area contributed by atoms with E-state index in [2.05, 4.69) is 4.98 Å². The summed E-state index contributed by atoms with van der Waals surface area (Å²) in [5, 5.41) is 8.86. The van der Waals surface area contributed by atoms with Crippen LogP contribution in [0.2, 0.25) is 0 Å². The van der Waals surface area contributed by atoms with Crippen LogP contribution in [0.4, 0.5) is 10.6 Å². The summed E-state index contributed by atoms with van der Waals surface area (Å²) in [6.45, 7) is 3.46. The van der Waals surface area contributed by atoms with E-state index >= 15 is 0 Å². The molecule has 11 heteroatoms. The van der Waals surface area contributed by atoms with Crippen molar-refractivity contribution >= 4 is 11.9 Å². The average molecular weight is 370 g/mol. The highest BCUT2D eigenvalue weighted by Gasteiger charge is 2.56. The maximum absolute atomic E-state index is 12.2. The van der Waals surface area contributed by atoms with Crippen molar-refractivity contribution in [1.82, 2.24) is 14.5 Å². The fraction of sp³-hybridized carbons (Fsp3) is 0.667. The smallest absolute Gasteiger partial charge is 0.409 e. The van der Waals surface area contributed by atoms with Gasteiger partial charge in [0.1, 0.15) is 24.9 Å². The van der Waals surface area contributed by atoms with Crippen molar-refractivity contribution in [3.63, 3.8) is 0 Å². The predicted molar refractivity (Wildman–Crippen MR) is 86.7 cm³/mol. The summed E-state index contributed by atoms with van der Waals surface area (Å²) in [4.78, 5) is 28.9. The van der Waals surface area contributed by atoms with Crippen molar-refractivity contribution in [1.29, 1.82) is 0 Å². The molecule has 3 rings (SSSR count). The SMILES string of the molecule is CN(C)C(=O)OC[C@H]1O[C@@H](n2ccc(NO)nc2=O)[C@@H]2OC(C)(C)O[C@@H]21. The molecular formula is C15H22N4O7. The van der Waals surface area contributed by atoms with E-state index < -0.39 is 42.1 Å². The molecule has 2 N–H and O–H groups in total.